The van der Waals surface area contributed by atoms with Crippen LogP contribution >= 0.6 is 0 Å². The summed E-state index contributed by atoms with van der Waals surface area (Å²) in [7, 11) is 4.15. The Balaban J connectivity index is 2.08. The molecule has 0 spiro atoms. The minimum absolute atomic E-state index is 0.000943. The molecule has 1 saturated heterocycles. The van der Waals surface area contributed by atoms with Gasteiger partial charge < -0.3 is 15.1 Å². The third-order valence-electron chi connectivity index (χ3n) is 4.60. The number of hydrogen-bond donors (Lipinski definition) is 1. The maximum Gasteiger partial charge on any atom is 0.209 e. The number of anilines is 1. The van der Waals surface area contributed by atoms with Gasteiger partial charge in [0.25, 0.3) is 0 Å². The largest absolute Gasteiger partial charge is 0.345 e. The average molecular weight is 329 g/mol. The van der Waals surface area contributed by atoms with E-state index in [-0.39, 0.29) is 6.29 Å². The molecule has 2 aliphatic heterocycles. The van der Waals surface area contributed by atoms with Crippen molar-refractivity contribution >= 4 is 12.1 Å². The zero-order valence-electron chi connectivity index (χ0n) is 15.1. The van der Waals surface area contributed by atoms with E-state index >= 15 is 0 Å². The van der Waals surface area contributed by atoms with Crippen LogP contribution in [0, 0.1) is 11.8 Å². The number of nitrogens with one attached hydrogen (secondary N) is 1. The van der Waals surface area contributed by atoms with Crippen molar-refractivity contribution in [2.24, 2.45) is 4.99 Å². The van der Waals surface area contributed by atoms with Crippen LogP contribution in [0.1, 0.15) is 13.8 Å². The van der Waals surface area contributed by atoms with E-state index in [2.05, 4.69) is 63.6 Å². The molecular weight excluding hydrogens is 302 g/mol. The van der Waals surface area contributed by atoms with Crippen molar-refractivity contribution in [2.45, 2.75) is 26.7 Å². The lowest BCUT2D eigenvalue weighted by Gasteiger charge is -2.31. The van der Waals surface area contributed by atoms with E-state index in [9.17, 15) is 0 Å². The minimum Gasteiger partial charge on any atom is -0.345 e. The van der Waals surface area contributed by atoms with Gasteiger partial charge in [0.05, 0.1) is 6.54 Å². The monoisotopic (exact) mass is 329 g/mol. The summed E-state index contributed by atoms with van der Waals surface area (Å²) in [6, 6.07) is 0. The first-order chi connectivity index (χ1) is 11.7. The van der Waals surface area contributed by atoms with Crippen molar-refractivity contribution in [1.29, 1.82) is 0 Å². The van der Waals surface area contributed by atoms with Gasteiger partial charge in [-0.1, -0.05) is 12.8 Å². The fraction of sp³-hybridized carbons (Fsp3) is 0.647. The maximum absolute atomic E-state index is 4.88. The van der Waals surface area contributed by atoms with Gasteiger partial charge in [0.15, 0.2) is 11.8 Å². The van der Waals surface area contributed by atoms with Crippen molar-refractivity contribution in [3.8, 4) is 11.8 Å². The van der Waals surface area contributed by atoms with E-state index in [0.29, 0.717) is 6.54 Å². The van der Waals surface area contributed by atoms with Crippen LogP contribution in [-0.2, 0) is 6.54 Å². The van der Waals surface area contributed by atoms with Crippen molar-refractivity contribution in [3.05, 3.63) is 10.8 Å². The van der Waals surface area contributed by atoms with E-state index in [1.54, 1.807) is 0 Å². The molecule has 0 saturated carbocycles. The van der Waals surface area contributed by atoms with Crippen molar-refractivity contribution < 1.29 is 0 Å². The molecule has 3 heterocycles. The molecule has 1 fully saturated rings. The Bertz CT molecular complexity index is 748. The van der Waals surface area contributed by atoms with Gasteiger partial charge in [0, 0.05) is 39.4 Å². The molecule has 0 amide bonds. The standard InChI is InChI=1S/C17H27N7/c1-5-7-10-24-14-13-22(4)16(21(3)6-2)19-15(14)20-17(24)23-11-8-18-9-12-23/h13,16,18H,6,8-12H2,1-4H3. The van der Waals surface area contributed by atoms with Gasteiger partial charge in [-0.05, 0) is 20.5 Å². The van der Waals surface area contributed by atoms with Crippen molar-refractivity contribution in [2.75, 3.05) is 51.7 Å². The Hall–Kier alpha value is -2.04. The lowest BCUT2D eigenvalue weighted by atomic mass is 10.4. The molecule has 0 aromatic carbocycles. The predicted octanol–water partition coefficient (Wildman–Crippen LogP) is -1.15. The topological polar surface area (TPSA) is 51.9 Å². The summed E-state index contributed by atoms with van der Waals surface area (Å²) in [5, 5.41) is 4.44. The number of piperazine rings is 1. The number of aromatic nitrogens is 2. The molecule has 0 bridgehead atoms. The quantitative estimate of drug-likeness (QED) is 0.708. The van der Waals surface area contributed by atoms with Crippen LogP contribution in [0.4, 0.5) is 5.95 Å². The van der Waals surface area contributed by atoms with E-state index < -0.39 is 0 Å². The summed E-state index contributed by atoms with van der Waals surface area (Å²) in [5.41, 5.74) is 0.824. The first-order valence-electron chi connectivity index (χ1n) is 8.59. The van der Waals surface area contributed by atoms with E-state index in [1.807, 2.05) is 6.92 Å². The van der Waals surface area contributed by atoms with Gasteiger partial charge >= 0.3 is 0 Å². The number of fused-ring (bicyclic) bond motifs is 1. The smallest absolute Gasteiger partial charge is 0.209 e. The van der Waals surface area contributed by atoms with Crippen LogP contribution in [0.25, 0.3) is 6.20 Å². The van der Waals surface area contributed by atoms with Gasteiger partial charge in [-0.25, -0.2) is 4.99 Å². The average Bonchev–Trinajstić information content (AvgIpc) is 2.96. The summed E-state index contributed by atoms with van der Waals surface area (Å²) in [4.78, 5) is 16.4. The second-order valence-electron chi connectivity index (χ2n) is 6.21. The normalized spacial score (nSPS) is 20.1. The molecule has 2 aliphatic rings. The van der Waals surface area contributed by atoms with Gasteiger partial charge in [-0.15, -0.1) is 5.92 Å². The SMILES string of the molecule is CC#CCn1c(N2CCNCC2)nc2c1=CN(C)C(N(C)CC)N=2. The highest BCUT2D eigenvalue weighted by Crippen LogP contribution is 2.11. The van der Waals surface area contributed by atoms with Crippen LogP contribution in [-0.4, -0.2) is 72.5 Å². The summed E-state index contributed by atoms with van der Waals surface area (Å²) >= 11 is 0. The number of nitrogens with zero attached hydrogens (tertiary/aromatic N) is 6. The van der Waals surface area contributed by atoms with Gasteiger partial charge in [-0.3, -0.25) is 9.47 Å². The molecule has 0 aliphatic carbocycles. The molecule has 1 unspecified atom stereocenters. The summed E-state index contributed by atoms with van der Waals surface area (Å²) in [6.45, 7) is 9.49. The molecule has 1 atom stereocenters. The Morgan fingerprint density at radius 3 is 2.79 bits per heavy atom. The van der Waals surface area contributed by atoms with Crippen LogP contribution in [0.3, 0.4) is 0 Å². The summed E-state index contributed by atoms with van der Waals surface area (Å²) in [6.07, 6.45) is 2.15. The fourth-order valence-corrected chi connectivity index (χ4v) is 3.12. The summed E-state index contributed by atoms with van der Waals surface area (Å²) in [5.74, 6) is 7.16. The molecule has 1 aromatic heterocycles. The van der Waals surface area contributed by atoms with Crippen LogP contribution in [0.15, 0.2) is 4.99 Å². The zero-order valence-corrected chi connectivity index (χ0v) is 15.1. The van der Waals surface area contributed by atoms with Crippen LogP contribution in [0.2, 0.25) is 0 Å². The van der Waals surface area contributed by atoms with Gasteiger partial charge in [-0.2, -0.15) is 4.98 Å². The highest BCUT2D eigenvalue weighted by atomic mass is 15.4. The van der Waals surface area contributed by atoms with Crippen LogP contribution < -0.4 is 21.1 Å². The number of imidazole rings is 1. The lowest BCUT2D eigenvalue weighted by Crippen LogP contribution is -2.49. The second kappa shape index (κ2) is 7.24. The molecule has 7 heteroatoms. The first-order valence-corrected chi connectivity index (χ1v) is 8.59. The van der Waals surface area contributed by atoms with Crippen molar-refractivity contribution in [3.63, 3.8) is 0 Å². The third kappa shape index (κ3) is 3.12. The molecular formula is C17H27N7. The highest BCUT2D eigenvalue weighted by molar-refractivity contribution is 5.36. The Labute approximate surface area is 143 Å². The van der Waals surface area contributed by atoms with Gasteiger partial charge in [0.1, 0.15) is 5.35 Å². The highest BCUT2D eigenvalue weighted by Gasteiger charge is 2.23. The molecule has 7 nitrogen and oxygen atoms in total. The molecule has 0 radical (unpaired) electrons. The number of rotatable bonds is 4. The van der Waals surface area contributed by atoms with E-state index in [1.165, 1.54) is 0 Å². The van der Waals surface area contributed by atoms with Crippen LogP contribution in [0.5, 0.6) is 0 Å². The Morgan fingerprint density at radius 1 is 1.38 bits per heavy atom. The van der Waals surface area contributed by atoms with Gasteiger partial charge in [0.2, 0.25) is 5.95 Å². The fourth-order valence-electron chi connectivity index (χ4n) is 3.12. The molecule has 24 heavy (non-hydrogen) atoms. The minimum atomic E-state index is -0.000943. The third-order valence-corrected chi connectivity index (χ3v) is 4.60. The predicted molar refractivity (Wildman–Crippen MR) is 95.9 cm³/mol. The van der Waals surface area contributed by atoms with E-state index in [0.717, 1.165) is 49.5 Å². The van der Waals surface area contributed by atoms with Crippen molar-refractivity contribution in [1.82, 2.24) is 24.7 Å². The second-order valence-corrected chi connectivity index (χ2v) is 6.21. The maximum atomic E-state index is 4.88. The summed E-state index contributed by atoms with van der Waals surface area (Å²) < 4.78 is 2.19. The molecule has 1 aromatic rings. The Kier molecular flexibility index (Phi) is 5.07. The molecule has 3 rings (SSSR count). The first kappa shape index (κ1) is 16.8. The Morgan fingerprint density at radius 2 is 2.12 bits per heavy atom. The van der Waals surface area contributed by atoms with E-state index in [4.69, 9.17) is 9.98 Å². The zero-order chi connectivity index (χ0) is 17.1. The lowest BCUT2D eigenvalue weighted by molar-refractivity contribution is 0.139. The molecule has 1 N–H and O–H groups in total. The number of hydrogen-bond acceptors (Lipinski definition) is 6. The molecule has 130 valence electrons.